The molecule has 2 aliphatic heterocycles. The Labute approximate surface area is 188 Å². The Bertz CT molecular complexity index is 1210. The van der Waals surface area contributed by atoms with E-state index in [1.807, 2.05) is 43.3 Å². The highest BCUT2D eigenvalue weighted by atomic mass is 16.5. The van der Waals surface area contributed by atoms with Crippen LogP contribution in [0.2, 0.25) is 0 Å². The smallest absolute Gasteiger partial charge is 0.254 e. The first-order valence-electron chi connectivity index (χ1n) is 11.2. The molecule has 3 aromatic rings. The number of hydrogen-bond acceptors (Lipinski definition) is 3. The summed E-state index contributed by atoms with van der Waals surface area (Å²) >= 11 is 0. The lowest BCUT2D eigenvalue weighted by molar-refractivity contribution is -0.166. The number of aromatic nitrogens is 1. The molecule has 0 aliphatic carbocycles. The molecule has 0 unspecified atom stereocenters. The number of ether oxygens (including phenoxy) is 1. The second kappa shape index (κ2) is 7.40. The zero-order valence-electron chi connectivity index (χ0n) is 19.0. The Balaban J connectivity index is 1.76. The van der Waals surface area contributed by atoms with E-state index in [1.165, 1.54) is 0 Å². The van der Waals surface area contributed by atoms with Crippen molar-refractivity contribution in [2.24, 2.45) is 5.92 Å². The summed E-state index contributed by atoms with van der Waals surface area (Å²) in [4.78, 5) is 34.3. The first-order valence-corrected chi connectivity index (χ1v) is 11.2. The molecule has 32 heavy (non-hydrogen) atoms. The van der Waals surface area contributed by atoms with Crippen molar-refractivity contribution in [2.45, 2.75) is 32.2 Å². The second-order valence-corrected chi connectivity index (χ2v) is 9.41. The average Bonchev–Trinajstić information content (AvgIpc) is 3.18. The molecule has 6 heteroatoms. The van der Waals surface area contributed by atoms with Crippen LogP contribution in [0.1, 0.15) is 43.5 Å². The van der Waals surface area contributed by atoms with Gasteiger partial charge in [-0.3, -0.25) is 9.59 Å². The van der Waals surface area contributed by atoms with Crippen molar-refractivity contribution in [3.63, 3.8) is 0 Å². The minimum Gasteiger partial charge on any atom is -0.496 e. The molecule has 2 aliphatic rings. The highest BCUT2D eigenvalue weighted by Gasteiger charge is 2.56. The normalized spacial score (nSPS) is 23.0. The number of carbonyl (C=O) groups excluding carboxylic acids is 2. The van der Waals surface area contributed by atoms with E-state index in [-0.39, 0.29) is 30.2 Å². The quantitative estimate of drug-likeness (QED) is 0.682. The van der Waals surface area contributed by atoms with Gasteiger partial charge in [0.1, 0.15) is 5.75 Å². The monoisotopic (exact) mass is 431 g/mol. The summed E-state index contributed by atoms with van der Waals surface area (Å²) in [6, 6.07) is 16.1. The largest absolute Gasteiger partial charge is 0.496 e. The molecular formula is C26H29N3O3. The molecule has 166 valence electrons. The van der Waals surface area contributed by atoms with Crippen LogP contribution in [-0.2, 0) is 15.1 Å². The van der Waals surface area contributed by atoms with E-state index in [2.05, 4.69) is 31.0 Å². The van der Waals surface area contributed by atoms with E-state index in [1.54, 1.807) is 16.9 Å². The van der Waals surface area contributed by atoms with Gasteiger partial charge in [0.25, 0.3) is 5.91 Å². The van der Waals surface area contributed by atoms with Crippen molar-refractivity contribution < 1.29 is 14.3 Å². The van der Waals surface area contributed by atoms with Crippen molar-refractivity contribution in [3.05, 3.63) is 65.4 Å². The number of methoxy groups -OCH3 is 1. The van der Waals surface area contributed by atoms with Crippen molar-refractivity contribution in [1.29, 1.82) is 0 Å². The Morgan fingerprint density at radius 3 is 2.59 bits per heavy atom. The van der Waals surface area contributed by atoms with Crippen LogP contribution in [0.4, 0.5) is 0 Å². The van der Waals surface area contributed by atoms with E-state index >= 15 is 0 Å². The molecule has 6 nitrogen and oxygen atoms in total. The number of H-pyrrole nitrogens is 1. The number of aromatic amines is 1. The Morgan fingerprint density at radius 1 is 1.12 bits per heavy atom. The van der Waals surface area contributed by atoms with E-state index in [0.29, 0.717) is 13.1 Å². The fourth-order valence-electron chi connectivity index (χ4n) is 5.50. The SMILES string of the molecule is COc1ccccc1[C@@H]1CN2C(=O)CN(CC(C)C)C(=O)[C@]2(C)c2[nH]c3ccccc3c21. The molecule has 1 fully saturated rings. The summed E-state index contributed by atoms with van der Waals surface area (Å²) in [6.07, 6.45) is 0. The molecule has 1 saturated heterocycles. The molecule has 1 aromatic heterocycles. The molecule has 1 N–H and O–H groups in total. The number of fused-ring (bicyclic) bond motifs is 5. The summed E-state index contributed by atoms with van der Waals surface area (Å²) < 4.78 is 5.68. The van der Waals surface area contributed by atoms with Crippen molar-refractivity contribution in [3.8, 4) is 5.75 Å². The number of piperazine rings is 1. The fourth-order valence-corrected chi connectivity index (χ4v) is 5.50. The predicted molar refractivity (Wildman–Crippen MR) is 124 cm³/mol. The van der Waals surface area contributed by atoms with Crippen LogP contribution in [0.25, 0.3) is 10.9 Å². The summed E-state index contributed by atoms with van der Waals surface area (Å²) in [5.41, 5.74) is 2.83. The zero-order valence-corrected chi connectivity index (χ0v) is 19.0. The van der Waals surface area contributed by atoms with E-state index < -0.39 is 5.54 Å². The number of amides is 2. The second-order valence-electron chi connectivity index (χ2n) is 9.41. The van der Waals surface area contributed by atoms with E-state index in [0.717, 1.165) is 33.5 Å². The summed E-state index contributed by atoms with van der Waals surface area (Å²) in [6.45, 7) is 7.16. The minimum absolute atomic E-state index is 0.0166. The van der Waals surface area contributed by atoms with Crippen LogP contribution >= 0.6 is 0 Å². The van der Waals surface area contributed by atoms with Crippen molar-refractivity contribution in [1.82, 2.24) is 14.8 Å². The van der Waals surface area contributed by atoms with Crippen LogP contribution < -0.4 is 4.74 Å². The van der Waals surface area contributed by atoms with Gasteiger partial charge in [-0.1, -0.05) is 50.2 Å². The third kappa shape index (κ3) is 2.85. The lowest BCUT2D eigenvalue weighted by atomic mass is 9.76. The van der Waals surface area contributed by atoms with Gasteiger partial charge >= 0.3 is 0 Å². The van der Waals surface area contributed by atoms with E-state index in [9.17, 15) is 9.59 Å². The van der Waals surface area contributed by atoms with Gasteiger partial charge in [-0.15, -0.1) is 0 Å². The Morgan fingerprint density at radius 2 is 1.84 bits per heavy atom. The van der Waals surface area contributed by atoms with Gasteiger partial charge in [0, 0.05) is 35.5 Å². The van der Waals surface area contributed by atoms with Crippen molar-refractivity contribution >= 4 is 22.7 Å². The molecule has 0 bridgehead atoms. The number of carbonyl (C=O) groups is 2. The Hall–Kier alpha value is -3.28. The third-order valence-electron chi connectivity index (χ3n) is 6.92. The highest BCUT2D eigenvalue weighted by molar-refractivity contribution is 6.01. The first-order chi connectivity index (χ1) is 15.4. The molecule has 0 spiro atoms. The molecule has 0 saturated carbocycles. The van der Waals surface area contributed by atoms with Gasteiger partial charge in [0.05, 0.1) is 19.3 Å². The maximum Gasteiger partial charge on any atom is 0.254 e. The fraction of sp³-hybridized carbons (Fsp3) is 0.385. The van der Waals surface area contributed by atoms with Gasteiger partial charge in [-0.25, -0.2) is 0 Å². The third-order valence-corrected chi connectivity index (χ3v) is 6.92. The first kappa shape index (κ1) is 20.6. The van der Waals surface area contributed by atoms with Gasteiger partial charge < -0.3 is 19.5 Å². The van der Waals surface area contributed by atoms with Crippen LogP contribution in [-0.4, -0.2) is 53.3 Å². The highest BCUT2D eigenvalue weighted by Crippen LogP contribution is 2.49. The number of hydrogen-bond donors (Lipinski definition) is 1. The molecule has 0 radical (unpaired) electrons. The lowest BCUT2D eigenvalue weighted by Crippen LogP contribution is -2.67. The standard InChI is InChI=1S/C26H29N3O3/c1-16(2)13-28-15-22(30)29-14-19(17-9-6-8-12-21(17)32-4)23-18-10-5-7-11-20(18)27-24(23)26(29,3)25(28)31/h5-12,16,19,27H,13-15H2,1-4H3/t19-,26-/m0/s1. The van der Waals surface area contributed by atoms with Gasteiger partial charge in [-0.05, 0) is 30.5 Å². The molecule has 3 heterocycles. The number of nitrogens with zero attached hydrogens (tertiary/aromatic N) is 2. The number of benzene rings is 2. The Kier molecular flexibility index (Phi) is 4.77. The van der Waals surface area contributed by atoms with Gasteiger partial charge in [-0.2, -0.15) is 0 Å². The summed E-state index contributed by atoms with van der Waals surface area (Å²) in [5, 5.41) is 1.08. The molecule has 2 aromatic carbocycles. The maximum absolute atomic E-state index is 13.9. The van der Waals surface area contributed by atoms with Gasteiger partial charge in [0.15, 0.2) is 5.54 Å². The number of para-hydroxylation sites is 2. The molecule has 2 amide bonds. The summed E-state index contributed by atoms with van der Waals surface area (Å²) in [5.74, 6) is 0.941. The van der Waals surface area contributed by atoms with Crippen LogP contribution in [0.15, 0.2) is 48.5 Å². The van der Waals surface area contributed by atoms with E-state index in [4.69, 9.17) is 4.74 Å². The van der Waals surface area contributed by atoms with Crippen molar-refractivity contribution in [2.75, 3.05) is 26.7 Å². The molecule has 5 rings (SSSR count). The maximum atomic E-state index is 13.9. The van der Waals surface area contributed by atoms with Gasteiger partial charge in [0.2, 0.25) is 5.91 Å². The molecular weight excluding hydrogens is 402 g/mol. The number of rotatable bonds is 4. The lowest BCUT2D eigenvalue weighted by Gasteiger charge is -2.51. The van der Waals surface area contributed by atoms with Crippen LogP contribution in [0, 0.1) is 5.92 Å². The summed E-state index contributed by atoms with van der Waals surface area (Å²) in [7, 11) is 1.67. The molecule has 2 atom stereocenters. The average molecular weight is 432 g/mol. The topological polar surface area (TPSA) is 65.6 Å². The van der Waals surface area contributed by atoms with Crippen LogP contribution in [0.5, 0.6) is 5.75 Å². The van der Waals surface area contributed by atoms with Crippen LogP contribution in [0.3, 0.4) is 0 Å². The minimum atomic E-state index is -1.06. The number of nitrogens with one attached hydrogen (secondary N) is 1. The predicted octanol–water partition coefficient (Wildman–Crippen LogP) is 3.86. The zero-order chi connectivity index (χ0) is 22.6.